The molecule has 1 aromatic rings. The normalized spacial score (nSPS) is 51.3. The van der Waals surface area contributed by atoms with Crippen molar-refractivity contribution in [3.8, 4) is 5.75 Å². The van der Waals surface area contributed by atoms with Crippen molar-refractivity contribution >= 4 is 5.97 Å². The molecule has 1 unspecified atom stereocenters. The van der Waals surface area contributed by atoms with Gasteiger partial charge in [0, 0.05) is 12.3 Å². The molecule has 4 heterocycles. The van der Waals surface area contributed by atoms with E-state index in [1.54, 1.807) is 6.92 Å². The molecule has 3 aliphatic carbocycles. The third-order valence-electron chi connectivity index (χ3n) is 8.66. The number of benzene rings is 1. The summed E-state index contributed by atoms with van der Waals surface area (Å²) in [7, 11) is 0. The van der Waals surface area contributed by atoms with Crippen LogP contribution in [-0.2, 0) is 23.7 Å². The maximum absolute atomic E-state index is 12.7. The lowest BCUT2D eigenvalue weighted by atomic mass is 9.41. The largest absolute Gasteiger partial charge is 0.508 e. The van der Waals surface area contributed by atoms with Crippen LogP contribution in [-0.4, -0.2) is 104 Å². The quantitative estimate of drug-likeness (QED) is 0.247. The Morgan fingerprint density at radius 1 is 1.11 bits per heavy atom. The van der Waals surface area contributed by atoms with Crippen LogP contribution in [0.1, 0.15) is 30.1 Å². The van der Waals surface area contributed by atoms with Crippen molar-refractivity contribution < 1.29 is 59.1 Å². The van der Waals surface area contributed by atoms with Crippen LogP contribution in [0.3, 0.4) is 0 Å². The highest BCUT2D eigenvalue weighted by molar-refractivity contribution is 5.89. The summed E-state index contributed by atoms with van der Waals surface area (Å²) in [4.78, 5) is 12.7. The van der Waals surface area contributed by atoms with E-state index in [2.05, 4.69) is 0 Å². The number of aromatic hydroxyl groups is 1. The molecular weight excluding hydrogens is 468 g/mol. The maximum atomic E-state index is 12.7. The fourth-order valence-corrected chi connectivity index (χ4v) is 6.90. The zero-order valence-electron chi connectivity index (χ0n) is 18.8. The summed E-state index contributed by atoms with van der Waals surface area (Å²) in [6, 6.07) is 5.54. The average Bonchev–Trinajstić information content (AvgIpc) is 3.00. The van der Waals surface area contributed by atoms with Crippen molar-refractivity contribution in [3.63, 3.8) is 0 Å². The highest BCUT2D eigenvalue weighted by Crippen LogP contribution is 2.81. The lowest BCUT2D eigenvalue weighted by molar-refractivity contribution is -0.424. The number of carbonyl (C=O) groups is 1. The van der Waals surface area contributed by atoms with Gasteiger partial charge in [-0.2, -0.15) is 0 Å². The number of phenols is 1. The Hall–Kier alpha value is -1.87. The van der Waals surface area contributed by atoms with Crippen LogP contribution in [0.2, 0.25) is 0 Å². The number of esters is 1. The van der Waals surface area contributed by atoms with Crippen LogP contribution in [0.5, 0.6) is 5.75 Å². The Kier molecular flexibility index (Phi) is 4.93. The highest BCUT2D eigenvalue weighted by atomic mass is 16.8. The molecule has 11 atom stereocenters. The first-order chi connectivity index (χ1) is 16.5. The summed E-state index contributed by atoms with van der Waals surface area (Å²) in [5.41, 5.74) is -3.27. The van der Waals surface area contributed by atoms with E-state index < -0.39 is 77.9 Å². The van der Waals surface area contributed by atoms with Gasteiger partial charge in [-0.1, -0.05) is 0 Å². The van der Waals surface area contributed by atoms with Gasteiger partial charge >= 0.3 is 5.97 Å². The van der Waals surface area contributed by atoms with E-state index in [1.807, 2.05) is 0 Å². The van der Waals surface area contributed by atoms with Crippen LogP contribution in [0, 0.1) is 11.3 Å². The second-order valence-electron chi connectivity index (χ2n) is 10.4. The Balaban J connectivity index is 1.31. The second kappa shape index (κ2) is 7.34. The first-order valence-electron chi connectivity index (χ1n) is 11.5. The first-order valence-corrected chi connectivity index (χ1v) is 11.5. The minimum atomic E-state index is -1.64. The van der Waals surface area contributed by atoms with E-state index in [4.69, 9.17) is 23.7 Å². The fraction of sp³-hybridized carbons (Fsp3) is 0.696. The summed E-state index contributed by atoms with van der Waals surface area (Å²) >= 11 is 0. The molecule has 6 bridgehead atoms. The summed E-state index contributed by atoms with van der Waals surface area (Å²) in [5.74, 6) is -2.68. The summed E-state index contributed by atoms with van der Waals surface area (Å²) in [6.07, 6.45) is -8.10. The molecule has 0 aromatic heterocycles. The Morgan fingerprint density at radius 3 is 2.51 bits per heavy atom. The van der Waals surface area contributed by atoms with Crippen LogP contribution in [0.15, 0.2) is 24.3 Å². The SMILES string of the molecule is C[C@@]12C[C@@]3(O)O[C@@H](O1)[C@]1(COC(=O)c4ccc(O)cc4)[C@H]3CC12O[C@@H]1O[C@H](CO)[C@@H](O)[C@H](O)[C@H]1O. The highest BCUT2D eigenvalue weighted by Gasteiger charge is 2.94. The number of carbonyl (C=O) groups excluding carboxylic acids is 1. The van der Waals surface area contributed by atoms with E-state index in [-0.39, 0.29) is 30.8 Å². The van der Waals surface area contributed by atoms with E-state index in [0.717, 1.165) is 0 Å². The third kappa shape index (κ3) is 2.80. The van der Waals surface area contributed by atoms with E-state index in [0.29, 0.717) is 0 Å². The molecule has 192 valence electrons. The van der Waals surface area contributed by atoms with Gasteiger partial charge < -0.3 is 54.3 Å². The molecule has 0 radical (unpaired) electrons. The Bertz CT molecular complexity index is 1030. The zero-order valence-corrected chi connectivity index (χ0v) is 18.8. The lowest BCUT2D eigenvalue weighted by Crippen LogP contribution is -2.80. The number of phenolic OH excluding ortho intramolecular Hbond substituents is 1. The number of hydrogen-bond donors (Lipinski definition) is 6. The van der Waals surface area contributed by atoms with Crippen LogP contribution in [0.25, 0.3) is 0 Å². The van der Waals surface area contributed by atoms with Gasteiger partial charge in [0.2, 0.25) is 0 Å². The molecule has 12 nitrogen and oxygen atoms in total. The van der Waals surface area contributed by atoms with Gasteiger partial charge in [0.1, 0.15) is 48.0 Å². The van der Waals surface area contributed by atoms with Gasteiger partial charge in [-0.15, -0.1) is 0 Å². The van der Waals surface area contributed by atoms with E-state index in [9.17, 15) is 35.4 Å². The molecule has 8 rings (SSSR count). The minimum absolute atomic E-state index is 0.00282. The average molecular weight is 496 g/mol. The van der Waals surface area contributed by atoms with Gasteiger partial charge in [-0.3, -0.25) is 0 Å². The number of rotatable bonds is 6. The zero-order chi connectivity index (χ0) is 25.0. The van der Waals surface area contributed by atoms with Crippen molar-refractivity contribution in [3.05, 3.63) is 29.8 Å². The standard InChI is InChI=1S/C23H28O12/c1-20-8-22(30)13-6-23(20,33-18-16(28)15(27)14(26)12(7-24)32-18)21(13,19(34-20)35-22)9-31-17(29)10-2-4-11(25)5-3-10/h2-5,12-16,18-19,24-28,30H,6-9H2,1H3/t12-,13-,14-,15+,16-,18+,19-,20+,21+,22-,23?/m1/s1. The van der Waals surface area contributed by atoms with E-state index in [1.165, 1.54) is 24.3 Å². The third-order valence-corrected chi connectivity index (χ3v) is 8.66. The molecule has 0 amide bonds. The molecule has 35 heavy (non-hydrogen) atoms. The van der Waals surface area contributed by atoms with Gasteiger partial charge in [-0.25, -0.2) is 4.79 Å². The van der Waals surface area contributed by atoms with Crippen molar-refractivity contribution in [2.75, 3.05) is 13.2 Å². The molecule has 3 saturated carbocycles. The van der Waals surface area contributed by atoms with Crippen molar-refractivity contribution in [2.45, 2.75) is 73.8 Å². The first kappa shape index (κ1) is 23.5. The van der Waals surface area contributed by atoms with Gasteiger partial charge in [-0.05, 0) is 37.6 Å². The maximum Gasteiger partial charge on any atom is 0.338 e. The van der Waals surface area contributed by atoms with Crippen molar-refractivity contribution in [2.24, 2.45) is 11.3 Å². The molecule has 0 spiro atoms. The summed E-state index contributed by atoms with van der Waals surface area (Å²) < 4.78 is 29.6. The van der Waals surface area contributed by atoms with Crippen LogP contribution < -0.4 is 0 Å². The predicted molar refractivity (Wildman–Crippen MR) is 110 cm³/mol. The molecule has 6 N–H and O–H groups in total. The fourth-order valence-electron chi connectivity index (χ4n) is 6.90. The van der Waals surface area contributed by atoms with Gasteiger partial charge in [0.15, 0.2) is 18.4 Å². The molecule has 4 saturated heterocycles. The van der Waals surface area contributed by atoms with Crippen molar-refractivity contribution in [1.82, 2.24) is 0 Å². The van der Waals surface area contributed by atoms with Gasteiger partial charge in [0.25, 0.3) is 0 Å². The molecule has 1 aromatic carbocycles. The molecule has 7 fully saturated rings. The second-order valence-corrected chi connectivity index (χ2v) is 10.4. The molecule has 7 aliphatic rings. The number of ether oxygens (including phenoxy) is 5. The number of aliphatic hydroxyl groups excluding tert-OH is 4. The summed E-state index contributed by atoms with van der Waals surface area (Å²) in [5, 5.41) is 61.2. The smallest absolute Gasteiger partial charge is 0.338 e. The number of aliphatic hydroxyl groups is 5. The van der Waals surface area contributed by atoms with Crippen molar-refractivity contribution in [1.29, 1.82) is 0 Å². The Morgan fingerprint density at radius 2 is 1.83 bits per heavy atom. The molecule has 4 aliphatic heterocycles. The topological polar surface area (TPSA) is 185 Å². The van der Waals surface area contributed by atoms with Crippen LogP contribution in [0.4, 0.5) is 0 Å². The molecule has 12 heteroatoms. The minimum Gasteiger partial charge on any atom is -0.508 e. The predicted octanol–water partition coefficient (Wildman–Crippen LogP) is -1.65. The van der Waals surface area contributed by atoms with Crippen LogP contribution >= 0.6 is 0 Å². The Labute approximate surface area is 199 Å². The summed E-state index contributed by atoms with van der Waals surface area (Å²) in [6.45, 7) is 0.878. The van der Waals surface area contributed by atoms with Gasteiger partial charge in [0.05, 0.1) is 17.6 Å². The molecular formula is C23H28O12. The number of hydrogen-bond acceptors (Lipinski definition) is 12. The lowest BCUT2D eigenvalue weighted by Gasteiger charge is -2.67. The van der Waals surface area contributed by atoms with E-state index >= 15 is 0 Å². The monoisotopic (exact) mass is 496 g/mol.